The van der Waals surface area contributed by atoms with E-state index in [1.54, 1.807) is 7.11 Å². The van der Waals surface area contributed by atoms with Crippen molar-refractivity contribution in [3.05, 3.63) is 29.3 Å². The van der Waals surface area contributed by atoms with Crippen LogP contribution in [0.2, 0.25) is 0 Å². The van der Waals surface area contributed by atoms with Crippen LogP contribution < -0.4 is 10.1 Å². The summed E-state index contributed by atoms with van der Waals surface area (Å²) >= 11 is 0. The molecule has 1 aliphatic rings. The number of ether oxygens (including phenoxy) is 1. The SMILES string of the molecule is COc1ccc2c(c1)C(CNC(C)C)N(C)CC2. The first-order chi connectivity index (χ1) is 8.61. The van der Waals surface area contributed by atoms with Gasteiger partial charge >= 0.3 is 0 Å². The van der Waals surface area contributed by atoms with Gasteiger partial charge in [0.05, 0.1) is 7.11 Å². The Kier molecular flexibility index (Phi) is 4.25. The number of rotatable bonds is 4. The van der Waals surface area contributed by atoms with Crippen LogP contribution in [-0.4, -0.2) is 38.2 Å². The van der Waals surface area contributed by atoms with Gasteiger partial charge in [-0.05, 0) is 36.7 Å². The fourth-order valence-corrected chi connectivity index (χ4v) is 2.54. The van der Waals surface area contributed by atoms with Crippen molar-refractivity contribution in [1.29, 1.82) is 0 Å². The molecule has 0 amide bonds. The summed E-state index contributed by atoms with van der Waals surface area (Å²) < 4.78 is 5.35. The Morgan fingerprint density at radius 3 is 2.89 bits per heavy atom. The third-order valence-electron chi connectivity index (χ3n) is 3.70. The molecule has 0 bridgehead atoms. The maximum absolute atomic E-state index is 5.35. The fraction of sp³-hybridized carbons (Fsp3) is 0.600. The van der Waals surface area contributed by atoms with Crippen molar-refractivity contribution < 1.29 is 4.74 Å². The van der Waals surface area contributed by atoms with Crippen molar-refractivity contribution in [1.82, 2.24) is 10.2 Å². The van der Waals surface area contributed by atoms with Gasteiger partial charge in [0.25, 0.3) is 0 Å². The maximum atomic E-state index is 5.35. The Hall–Kier alpha value is -1.06. The summed E-state index contributed by atoms with van der Waals surface area (Å²) in [6.07, 6.45) is 1.13. The van der Waals surface area contributed by atoms with Crippen molar-refractivity contribution in [3.63, 3.8) is 0 Å². The highest BCUT2D eigenvalue weighted by Gasteiger charge is 2.24. The molecule has 1 unspecified atom stereocenters. The van der Waals surface area contributed by atoms with E-state index in [1.807, 2.05) is 0 Å². The average Bonchev–Trinajstić information content (AvgIpc) is 2.36. The molecular weight excluding hydrogens is 224 g/mol. The fourth-order valence-electron chi connectivity index (χ4n) is 2.54. The largest absolute Gasteiger partial charge is 0.497 e. The summed E-state index contributed by atoms with van der Waals surface area (Å²) in [6.45, 7) is 6.50. The number of methoxy groups -OCH3 is 1. The first-order valence-corrected chi connectivity index (χ1v) is 6.72. The molecule has 0 spiro atoms. The van der Waals surface area contributed by atoms with E-state index in [1.165, 1.54) is 11.1 Å². The molecule has 0 aliphatic carbocycles. The minimum absolute atomic E-state index is 0.450. The minimum Gasteiger partial charge on any atom is -0.497 e. The molecule has 2 rings (SSSR count). The molecule has 1 atom stereocenters. The van der Waals surface area contributed by atoms with E-state index >= 15 is 0 Å². The molecule has 3 nitrogen and oxygen atoms in total. The normalized spacial score (nSPS) is 19.9. The van der Waals surface area contributed by atoms with Gasteiger partial charge in [-0.1, -0.05) is 19.9 Å². The van der Waals surface area contributed by atoms with Crippen LogP contribution >= 0.6 is 0 Å². The zero-order chi connectivity index (χ0) is 13.1. The first kappa shape index (κ1) is 13.4. The minimum atomic E-state index is 0.450. The van der Waals surface area contributed by atoms with E-state index in [9.17, 15) is 0 Å². The zero-order valence-electron chi connectivity index (χ0n) is 11.9. The summed E-state index contributed by atoms with van der Waals surface area (Å²) in [5.74, 6) is 0.957. The lowest BCUT2D eigenvalue weighted by molar-refractivity contribution is 0.221. The quantitative estimate of drug-likeness (QED) is 0.884. The second-order valence-electron chi connectivity index (χ2n) is 5.37. The molecule has 1 N–H and O–H groups in total. The van der Waals surface area contributed by atoms with E-state index in [2.05, 4.69) is 49.3 Å². The molecule has 1 aromatic carbocycles. The molecular formula is C15H24N2O. The average molecular weight is 248 g/mol. The molecule has 1 heterocycles. The lowest BCUT2D eigenvalue weighted by Gasteiger charge is -2.35. The van der Waals surface area contributed by atoms with Crippen molar-refractivity contribution in [2.45, 2.75) is 32.4 Å². The van der Waals surface area contributed by atoms with Gasteiger partial charge < -0.3 is 10.1 Å². The maximum Gasteiger partial charge on any atom is 0.119 e. The third kappa shape index (κ3) is 2.85. The molecule has 0 saturated carbocycles. The lowest BCUT2D eigenvalue weighted by Crippen LogP contribution is -2.40. The summed E-state index contributed by atoms with van der Waals surface area (Å²) in [6, 6.07) is 7.44. The Labute approximate surface area is 110 Å². The number of likely N-dealkylation sites (N-methyl/N-ethyl adjacent to an activating group) is 1. The second-order valence-corrected chi connectivity index (χ2v) is 5.37. The second kappa shape index (κ2) is 5.72. The highest BCUT2D eigenvalue weighted by molar-refractivity contribution is 5.39. The summed E-state index contributed by atoms with van der Waals surface area (Å²) in [7, 11) is 3.94. The standard InChI is InChI=1S/C15H24N2O/c1-11(2)16-10-15-14-9-13(18-4)6-5-12(14)7-8-17(15)3/h5-6,9,11,15-16H,7-8,10H2,1-4H3. The Morgan fingerprint density at radius 1 is 1.44 bits per heavy atom. The number of benzene rings is 1. The van der Waals surface area contributed by atoms with Crippen molar-refractivity contribution in [2.24, 2.45) is 0 Å². The molecule has 100 valence electrons. The number of nitrogens with one attached hydrogen (secondary N) is 1. The third-order valence-corrected chi connectivity index (χ3v) is 3.70. The molecule has 0 radical (unpaired) electrons. The van der Waals surface area contributed by atoms with Gasteiger partial charge in [-0.2, -0.15) is 0 Å². The number of nitrogens with zero attached hydrogens (tertiary/aromatic N) is 1. The highest BCUT2D eigenvalue weighted by Crippen LogP contribution is 2.31. The van der Waals surface area contributed by atoms with Gasteiger partial charge in [-0.3, -0.25) is 4.90 Å². The van der Waals surface area contributed by atoms with E-state index in [4.69, 9.17) is 4.74 Å². The lowest BCUT2D eigenvalue weighted by atomic mass is 9.92. The van der Waals surface area contributed by atoms with Crippen molar-refractivity contribution >= 4 is 0 Å². The molecule has 1 aliphatic heterocycles. The zero-order valence-corrected chi connectivity index (χ0v) is 11.9. The van der Waals surface area contributed by atoms with Crippen molar-refractivity contribution in [2.75, 3.05) is 27.2 Å². The number of fused-ring (bicyclic) bond motifs is 1. The smallest absolute Gasteiger partial charge is 0.119 e. The van der Waals surface area contributed by atoms with Gasteiger partial charge in [0.2, 0.25) is 0 Å². The van der Waals surface area contributed by atoms with Crippen LogP contribution in [0.4, 0.5) is 0 Å². The molecule has 3 heteroatoms. The monoisotopic (exact) mass is 248 g/mol. The predicted octanol–water partition coefficient (Wildman–Crippen LogP) is 2.22. The van der Waals surface area contributed by atoms with E-state index in [0.717, 1.165) is 25.3 Å². The summed E-state index contributed by atoms with van der Waals surface area (Å²) in [5, 5.41) is 3.54. The van der Waals surface area contributed by atoms with E-state index < -0.39 is 0 Å². The van der Waals surface area contributed by atoms with Crippen LogP contribution in [0.15, 0.2) is 18.2 Å². The molecule has 0 aromatic heterocycles. The molecule has 1 aromatic rings. The topological polar surface area (TPSA) is 24.5 Å². The highest BCUT2D eigenvalue weighted by atomic mass is 16.5. The first-order valence-electron chi connectivity index (χ1n) is 6.72. The molecule has 18 heavy (non-hydrogen) atoms. The molecule has 0 saturated heterocycles. The molecule has 0 fully saturated rings. The van der Waals surface area contributed by atoms with Crippen LogP contribution in [0.25, 0.3) is 0 Å². The number of hydrogen-bond acceptors (Lipinski definition) is 3. The van der Waals surface area contributed by atoms with Gasteiger partial charge in [-0.25, -0.2) is 0 Å². The van der Waals surface area contributed by atoms with Gasteiger partial charge in [0, 0.05) is 25.2 Å². The summed E-state index contributed by atoms with van der Waals surface area (Å²) in [4.78, 5) is 2.43. The van der Waals surface area contributed by atoms with Crippen LogP contribution in [0.1, 0.15) is 31.0 Å². The summed E-state index contributed by atoms with van der Waals surface area (Å²) in [5.41, 5.74) is 2.88. The number of hydrogen-bond donors (Lipinski definition) is 1. The van der Waals surface area contributed by atoms with Crippen LogP contribution in [0.5, 0.6) is 5.75 Å². The predicted molar refractivity (Wildman–Crippen MR) is 75.2 cm³/mol. The van der Waals surface area contributed by atoms with E-state index in [-0.39, 0.29) is 0 Å². The van der Waals surface area contributed by atoms with Crippen LogP contribution in [0.3, 0.4) is 0 Å². The van der Waals surface area contributed by atoms with Crippen LogP contribution in [-0.2, 0) is 6.42 Å². The van der Waals surface area contributed by atoms with Gasteiger partial charge in [0.1, 0.15) is 5.75 Å². The Morgan fingerprint density at radius 2 is 2.22 bits per heavy atom. The van der Waals surface area contributed by atoms with Gasteiger partial charge in [0.15, 0.2) is 0 Å². The van der Waals surface area contributed by atoms with Crippen molar-refractivity contribution in [3.8, 4) is 5.75 Å². The Balaban J connectivity index is 2.24. The Bertz CT molecular complexity index is 403. The van der Waals surface area contributed by atoms with Crippen LogP contribution in [0, 0.1) is 0 Å². The van der Waals surface area contributed by atoms with Gasteiger partial charge in [-0.15, -0.1) is 0 Å². The van der Waals surface area contributed by atoms with E-state index in [0.29, 0.717) is 12.1 Å².